The lowest BCUT2D eigenvalue weighted by molar-refractivity contribution is -0.137. The van der Waals surface area contributed by atoms with Gasteiger partial charge in [0.1, 0.15) is 11.5 Å². The molecule has 0 atom stereocenters. The van der Waals surface area contributed by atoms with Crippen LogP contribution in [0.2, 0.25) is 0 Å². The third-order valence-corrected chi connectivity index (χ3v) is 8.37. The number of rotatable bonds is 18. The quantitative estimate of drug-likeness (QED) is 0.107. The number of hydrogen-bond donors (Lipinski definition) is 0. The predicted octanol–water partition coefficient (Wildman–Crippen LogP) is 8.45. The van der Waals surface area contributed by atoms with E-state index >= 15 is 0 Å². The van der Waals surface area contributed by atoms with Crippen molar-refractivity contribution in [3.8, 4) is 11.5 Å². The van der Waals surface area contributed by atoms with Crippen molar-refractivity contribution in [2.75, 3.05) is 23.0 Å². The van der Waals surface area contributed by atoms with Gasteiger partial charge in [0.25, 0.3) is 0 Å². The van der Waals surface area contributed by atoms with Gasteiger partial charge in [0.05, 0.1) is 12.8 Å². The van der Waals surface area contributed by atoms with Crippen LogP contribution in [0, 0.1) is 10.8 Å². The van der Waals surface area contributed by atoms with E-state index in [1.165, 1.54) is 17.9 Å². The third kappa shape index (κ3) is 15.2. The maximum absolute atomic E-state index is 12.2. The largest absolute Gasteiger partial charge is 0.427 e. The number of para-hydroxylation sites is 2. The Morgan fingerprint density at radius 2 is 0.946 bits per heavy atom. The van der Waals surface area contributed by atoms with Crippen LogP contribution in [-0.2, 0) is 9.59 Å². The molecule has 0 saturated carbocycles. The molecule has 0 saturated heterocycles. The highest BCUT2D eigenvalue weighted by Gasteiger charge is 2.24. The van der Waals surface area contributed by atoms with Crippen LogP contribution >= 0.6 is 23.5 Å². The van der Waals surface area contributed by atoms with Crippen LogP contribution in [-0.4, -0.2) is 35.0 Å². The predicted molar refractivity (Wildman–Crippen MR) is 159 cm³/mol. The smallest absolute Gasteiger partial charge is 0.311 e. The molecule has 2 aromatic rings. The molecule has 204 valence electrons. The van der Waals surface area contributed by atoms with Gasteiger partial charge in [-0.2, -0.15) is 23.5 Å². The number of carbonyl (C=O) groups excluding carboxylic acids is 2. The van der Waals surface area contributed by atoms with Gasteiger partial charge in [-0.15, -0.1) is 0 Å². The van der Waals surface area contributed by atoms with Crippen LogP contribution in [0.3, 0.4) is 0 Å². The summed E-state index contributed by atoms with van der Waals surface area (Å²) in [5, 5.41) is 0. The molecule has 0 bridgehead atoms. The van der Waals surface area contributed by atoms with Gasteiger partial charge >= 0.3 is 11.9 Å². The van der Waals surface area contributed by atoms with Crippen molar-refractivity contribution in [3.63, 3.8) is 0 Å². The van der Waals surface area contributed by atoms with Crippen molar-refractivity contribution < 1.29 is 19.1 Å². The zero-order chi connectivity index (χ0) is 27.0. The van der Waals surface area contributed by atoms with Crippen molar-refractivity contribution in [3.05, 3.63) is 60.7 Å². The maximum Gasteiger partial charge on any atom is 0.311 e. The van der Waals surface area contributed by atoms with E-state index in [1.54, 1.807) is 0 Å². The van der Waals surface area contributed by atoms with Gasteiger partial charge in [0, 0.05) is 0 Å². The SMILES string of the molecule is CC(C)(CCCSCCCSCCCC(C)(C)CC(=O)Oc1ccccc1)CC(=O)Oc1ccccc1. The summed E-state index contributed by atoms with van der Waals surface area (Å²) in [4.78, 5) is 24.5. The topological polar surface area (TPSA) is 52.6 Å². The summed E-state index contributed by atoms with van der Waals surface area (Å²) in [6.45, 7) is 8.59. The monoisotopic (exact) mass is 544 g/mol. The highest BCUT2D eigenvalue weighted by atomic mass is 32.2. The van der Waals surface area contributed by atoms with Crippen molar-refractivity contribution in [2.45, 2.75) is 72.6 Å². The molecule has 0 heterocycles. The van der Waals surface area contributed by atoms with Crippen LogP contribution in [0.15, 0.2) is 60.7 Å². The number of ether oxygens (including phenoxy) is 2. The van der Waals surface area contributed by atoms with Crippen LogP contribution in [0.1, 0.15) is 72.6 Å². The van der Waals surface area contributed by atoms with E-state index in [-0.39, 0.29) is 22.8 Å². The molecule has 0 aromatic heterocycles. The first kappa shape index (κ1) is 31.3. The van der Waals surface area contributed by atoms with Gasteiger partial charge in [-0.1, -0.05) is 64.1 Å². The highest BCUT2D eigenvalue weighted by Crippen LogP contribution is 2.30. The lowest BCUT2D eigenvalue weighted by Gasteiger charge is -2.23. The molecule has 0 fully saturated rings. The van der Waals surface area contributed by atoms with E-state index < -0.39 is 0 Å². The van der Waals surface area contributed by atoms with Crippen LogP contribution in [0.25, 0.3) is 0 Å². The summed E-state index contributed by atoms with van der Waals surface area (Å²) in [7, 11) is 0. The first-order valence-electron chi connectivity index (χ1n) is 13.3. The number of carbonyl (C=O) groups is 2. The fourth-order valence-corrected chi connectivity index (χ4v) is 6.03. The summed E-state index contributed by atoms with van der Waals surface area (Å²) in [6.07, 6.45) is 6.37. The van der Waals surface area contributed by atoms with E-state index in [4.69, 9.17) is 9.47 Å². The van der Waals surface area contributed by atoms with E-state index in [9.17, 15) is 9.59 Å². The lowest BCUT2D eigenvalue weighted by Crippen LogP contribution is -2.21. The molecular weight excluding hydrogens is 500 g/mol. The van der Waals surface area contributed by atoms with Crippen LogP contribution in [0.5, 0.6) is 11.5 Å². The fraction of sp³-hybridized carbons (Fsp3) is 0.548. The van der Waals surface area contributed by atoms with Crippen LogP contribution in [0.4, 0.5) is 0 Å². The Bertz CT molecular complexity index is 838. The molecule has 0 aliphatic rings. The van der Waals surface area contributed by atoms with E-state index in [1.807, 2.05) is 84.2 Å². The minimum atomic E-state index is -0.156. The van der Waals surface area contributed by atoms with Crippen LogP contribution < -0.4 is 9.47 Å². The standard InChI is InChI=1S/C31H44O4S2/c1-30(2,24-28(32)34-26-14-7-5-8-15-26)18-11-20-36-22-13-23-37-21-12-19-31(3,4)25-29(33)35-27-16-9-6-10-17-27/h5-10,14-17H,11-13,18-25H2,1-4H3. The molecule has 0 aliphatic heterocycles. The number of thioether (sulfide) groups is 2. The third-order valence-electron chi connectivity index (χ3n) is 6.06. The Hall–Kier alpha value is -1.92. The average Bonchev–Trinajstić information content (AvgIpc) is 2.83. The molecule has 0 N–H and O–H groups in total. The molecule has 0 spiro atoms. The second-order valence-electron chi connectivity index (χ2n) is 11.0. The minimum absolute atomic E-state index is 0.0473. The Morgan fingerprint density at radius 3 is 1.32 bits per heavy atom. The van der Waals surface area contributed by atoms with Gasteiger partial charge in [0.15, 0.2) is 0 Å². The van der Waals surface area contributed by atoms with E-state index in [0.717, 1.165) is 37.2 Å². The average molecular weight is 545 g/mol. The minimum Gasteiger partial charge on any atom is -0.427 e. The summed E-state index contributed by atoms with van der Waals surface area (Å²) >= 11 is 4.02. The first-order chi connectivity index (χ1) is 17.7. The second kappa shape index (κ2) is 16.8. The van der Waals surface area contributed by atoms with Crippen molar-refractivity contribution >= 4 is 35.5 Å². The molecule has 0 unspecified atom stereocenters. The van der Waals surface area contributed by atoms with Gasteiger partial charge < -0.3 is 9.47 Å². The summed E-state index contributed by atoms with van der Waals surface area (Å²) in [5.74, 6) is 5.55. The van der Waals surface area contributed by atoms with Gasteiger partial charge in [-0.05, 0) is 90.2 Å². The Kier molecular flexibility index (Phi) is 14.2. The molecule has 0 aliphatic carbocycles. The molecule has 2 rings (SSSR count). The highest BCUT2D eigenvalue weighted by molar-refractivity contribution is 8.00. The molecule has 0 amide bonds. The van der Waals surface area contributed by atoms with Gasteiger partial charge in [-0.25, -0.2) is 0 Å². The molecule has 37 heavy (non-hydrogen) atoms. The maximum atomic E-state index is 12.2. The van der Waals surface area contributed by atoms with E-state index in [2.05, 4.69) is 27.7 Å². The number of benzene rings is 2. The number of esters is 2. The summed E-state index contributed by atoms with van der Waals surface area (Å²) in [5.41, 5.74) is -0.0946. The molecule has 0 radical (unpaired) electrons. The Morgan fingerprint density at radius 1 is 0.595 bits per heavy atom. The Labute approximate surface area is 232 Å². The normalized spacial score (nSPS) is 11.8. The molecule has 4 nitrogen and oxygen atoms in total. The van der Waals surface area contributed by atoms with Crippen molar-refractivity contribution in [1.82, 2.24) is 0 Å². The number of hydrogen-bond acceptors (Lipinski definition) is 6. The molecule has 6 heteroatoms. The molecule has 2 aromatic carbocycles. The molecular formula is C31H44O4S2. The van der Waals surface area contributed by atoms with Gasteiger partial charge in [-0.3, -0.25) is 9.59 Å². The summed E-state index contributed by atoms with van der Waals surface area (Å²) < 4.78 is 10.9. The lowest BCUT2D eigenvalue weighted by atomic mass is 9.85. The van der Waals surface area contributed by atoms with Crippen molar-refractivity contribution in [2.24, 2.45) is 10.8 Å². The first-order valence-corrected chi connectivity index (χ1v) is 15.6. The van der Waals surface area contributed by atoms with Gasteiger partial charge in [0.2, 0.25) is 0 Å². The second-order valence-corrected chi connectivity index (χ2v) is 13.5. The summed E-state index contributed by atoms with van der Waals surface area (Å²) in [6, 6.07) is 18.6. The van der Waals surface area contributed by atoms with E-state index in [0.29, 0.717) is 24.3 Å². The van der Waals surface area contributed by atoms with Crippen molar-refractivity contribution in [1.29, 1.82) is 0 Å². The zero-order valence-corrected chi connectivity index (χ0v) is 24.6. The zero-order valence-electron chi connectivity index (χ0n) is 23.0. The fourth-order valence-electron chi connectivity index (χ4n) is 4.04. The Balaban J connectivity index is 1.44.